The molecule has 3 rings (SSSR count). The van der Waals surface area contributed by atoms with E-state index in [0.29, 0.717) is 19.2 Å². The number of amides is 1. The van der Waals surface area contributed by atoms with Gasteiger partial charge in [-0.1, -0.05) is 0 Å². The molecule has 0 radical (unpaired) electrons. The van der Waals surface area contributed by atoms with Crippen LogP contribution in [0.25, 0.3) is 0 Å². The normalized spacial score (nSPS) is 21.8. The van der Waals surface area contributed by atoms with E-state index in [9.17, 15) is 4.79 Å². The molecule has 1 aliphatic carbocycles. The highest BCUT2D eigenvalue weighted by atomic mass is 16.5. The standard InChI is InChI=1S/C16H25N3O3/c1-18-8-7-17-15(18)10-19(13-5-6-13)16(20)12-21-11-14-4-2-3-9-22-14/h7-8,13-14H,2-6,9-12H2,1H3/t14-/m1/s1. The van der Waals surface area contributed by atoms with Gasteiger partial charge in [0.25, 0.3) is 0 Å². The second-order valence-electron chi connectivity index (χ2n) is 6.21. The highest BCUT2D eigenvalue weighted by Gasteiger charge is 2.33. The molecule has 1 aromatic rings. The summed E-state index contributed by atoms with van der Waals surface area (Å²) in [6.07, 6.45) is 9.36. The van der Waals surface area contributed by atoms with Gasteiger partial charge < -0.3 is 18.9 Å². The van der Waals surface area contributed by atoms with Crippen LogP contribution in [0.1, 0.15) is 37.9 Å². The van der Waals surface area contributed by atoms with Gasteiger partial charge in [-0.2, -0.15) is 0 Å². The van der Waals surface area contributed by atoms with Crippen LogP contribution in [0.4, 0.5) is 0 Å². The van der Waals surface area contributed by atoms with Gasteiger partial charge >= 0.3 is 0 Å². The van der Waals surface area contributed by atoms with Crippen molar-refractivity contribution in [2.45, 2.75) is 50.8 Å². The summed E-state index contributed by atoms with van der Waals surface area (Å²) in [5.74, 6) is 0.970. The zero-order valence-corrected chi connectivity index (χ0v) is 13.2. The second-order valence-corrected chi connectivity index (χ2v) is 6.21. The van der Waals surface area contributed by atoms with E-state index in [1.165, 1.54) is 6.42 Å². The Hall–Kier alpha value is -1.40. The summed E-state index contributed by atoms with van der Waals surface area (Å²) in [6, 6.07) is 0.360. The van der Waals surface area contributed by atoms with E-state index in [4.69, 9.17) is 9.47 Å². The van der Waals surface area contributed by atoms with Crippen LogP contribution in [-0.2, 0) is 27.9 Å². The highest BCUT2D eigenvalue weighted by Crippen LogP contribution is 2.28. The topological polar surface area (TPSA) is 56.6 Å². The van der Waals surface area contributed by atoms with Crippen LogP contribution >= 0.6 is 0 Å². The van der Waals surface area contributed by atoms with Crippen molar-refractivity contribution in [3.8, 4) is 0 Å². The molecule has 0 unspecified atom stereocenters. The summed E-state index contributed by atoms with van der Waals surface area (Å²) >= 11 is 0. The fraction of sp³-hybridized carbons (Fsp3) is 0.750. The highest BCUT2D eigenvalue weighted by molar-refractivity contribution is 5.78. The van der Waals surface area contributed by atoms with E-state index in [-0.39, 0.29) is 18.6 Å². The molecule has 6 nitrogen and oxygen atoms in total. The average Bonchev–Trinajstić information content (AvgIpc) is 3.29. The first-order valence-corrected chi connectivity index (χ1v) is 8.19. The minimum absolute atomic E-state index is 0.0568. The molecular weight excluding hydrogens is 282 g/mol. The Labute approximate surface area is 131 Å². The molecule has 1 saturated heterocycles. The molecule has 0 spiro atoms. The molecule has 0 bridgehead atoms. The van der Waals surface area contributed by atoms with Crippen LogP contribution in [-0.4, -0.2) is 52.3 Å². The minimum Gasteiger partial charge on any atom is -0.376 e. The van der Waals surface area contributed by atoms with Crippen molar-refractivity contribution in [3.63, 3.8) is 0 Å². The lowest BCUT2D eigenvalue weighted by molar-refractivity contribution is -0.139. The zero-order valence-electron chi connectivity index (χ0n) is 13.2. The van der Waals surface area contributed by atoms with Gasteiger partial charge in [-0.25, -0.2) is 4.98 Å². The Morgan fingerprint density at radius 1 is 1.45 bits per heavy atom. The van der Waals surface area contributed by atoms with Gasteiger partial charge in [0.2, 0.25) is 5.91 Å². The van der Waals surface area contributed by atoms with Crippen LogP contribution in [0.2, 0.25) is 0 Å². The monoisotopic (exact) mass is 307 g/mol. The summed E-state index contributed by atoms with van der Waals surface area (Å²) in [5, 5.41) is 0. The summed E-state index contributed by atoms with van der Waals surface area (Å²) in [7, 11) is 1.95. The number of carbonyl (C=O) groups excluding carboxylic acids is 1. The van der Waals surface area contributed by atoms with E-state index in [2.05, 4.69) is 4.98 Å². The van der Waals surface area contributed by atoms with E-state index in [1.54, 1.807) is 6.20 Å². The van der Waals surface area contributed by atoms with E-state index in [0.717, 1.165) is 38.1 Å². The predicted molar refractivity (Wildman–Crippen MR) is 81.2 cm³/mol. The maximum absolute atomic E-state index is 12.4. The van der Waals surface area contributed by atoms with E-state index < -0.39 is 0 Å². The summed E-state index contributed by atoms with van der Waals surface area (Å²) in [5.41, 5.74) is 0. The number of nitrogens with zero attached hydrogens (tertiary/aromatic N) is 3. The quantitative estimate of drug-likeness (QED) is 0.766. The number of carbonyl (C=O) groups is 1. The van der Waals surface area contributed by atoms with E-state index in [1.807, 2.05) is 22.7 Å². The number of hydrogen-bond acceptors (Lipinski definition) is 4. The third-order valence-electron chi connectivity index (χ3n) is 4.34. The number of hydrogen-bond donors (Lipinski definition) is 0. The van der Waals surface area contributed by atoms with Crippen LogP contribution < -0.4 is 0 Å². The summed E-state index contributed by atoms with van der Waals surface area (Å²) in [6.45, 7) is 2.04. The van der Waals surface area contributed by atoms with Crippen molar-refractivity contribution in [1.29, 1.82) is 0 Å². The molecule has 22 heavy (non-hydrogen) atoms. The summed E-state index contributed by atoms with van der Waals surface area (Å²) < 4.78 is 13.2. The molecule has 122 valence electrons. The Balaban J connectivity index is 1.46. The first kappa shape index (κ1) is 15.5. The lowest BCUT2D eigenvalue weighted by Crippen LogP contribution is -2.37. The Morgan fingerprint density at radius 3 is 2.95 bits per heavy atom. The maximum atomic E-state index is 12.4. The van der Waals surface area contributed by atoms with Gasteiger partial charge in [-0.15, -0.1) is 0 Å². The molecule has 2 aliphatic rings. The molecule has 1 aromatic heterocycles. The van der Waals surface area contributed by atoms with E-state index >= 15 is 0 Å². The minimum atomic E-state index is 0.0568. The van der Waals surface area contributed by atoms with Gasteiger partial charge in [0.05, 0.1) is 19.3 Å². The molecule has 0 aromatic carbocycles. The molecule has 1 amide bonds. The number of imidazole rings is 1. The largest absolute Gasteiger partial charge is 0.376 e. The van der Waals surface area contributed by atoms with Gasteiger partial charge in [-0.3, -0.25) is 4.79 Å². The van der Waals surface area contributed by atoms with Crippen LogP contribution in [0.3, 0.4) is 0 Å². The first-order valence-electron chi connectivity index (χ1n) is 8.19. The number of ether oxygens (including phenoxy) is 2. The molecule has 0 N–H and O–H groups in total. The lowest BCUT2D eigenvalue weighted by atomic mass is 10.1. The Kier molecular flexibility index (Phi) is 5.10. The molecule has 1 saturated carbocycles. The Bertz CT molecular complexity index is 493. The van der Waals surface area contributed by atoms with Crippen molar-refractivity contribution in [1.82, 2.24) is 14.5 Å². The Morgan fingerprint density at radius 2 is 2.32 bits per heavy atom. The molecule has 6 heteroatoms. The SMILES string of the molecule is Cn1ccnc1CN(C(=O)COC[C@H]1CCCCO1)C1CC1. The van der Waals surface area contributed by atoms with Crippen LogP contribution in [0, 0.1) is 0 Å². The van der Waals surface area contributed by atoms with Gasteiger partial charge in [-0.05, 0) is 32.1 Å². The van der Waals surface area contributed by atoms with Crippen molar-refractivity contribution in [3.05, 3.63) is 18.2 Å². The van der Waals surface area contributed by atoms with Crippen LogP contribution in [0.15, 0.2) is 12.4 Å². The molecule has 1 aliphatic heterocycles. The first-order chi connectivity index (χ1) is 10.7. The van der Waals surface area contributed by atoms with Crippen LogP contribution in [0.5, 0.6) is 0 Å². The predicted octanol–water partition coefficient (Wildman–Crippen LogP) is 1.50. The van der Waals surface area contributed by atoms with Gasteiger partial charge in [0, 0.05) is 32.1 Å². The van der Waals surface area contributed by atoms with Crippen molar-refractivity contribution in [2.24, 2.45) is 7.05 Å². The maximum Gasteiger partial charge on any atom is 0.249 e. The second kappa shape index (κ2) is 7.24. The number of rotatable bonds is 7. The summed E-state index contributed by atoms with van der Waals surface area (Å²) in [4.78, 5) is 18.6. The fourth-order valence-corrected chi connectivity index (χ4v) is 2.81. The van der Waals surface area contributed by atoms with Crippen molar-refractivity contribution in [2.75, 3.05) is 19.8 Å². The smallest absolute Gasteiger partial charge is 0.249 e. The molecule has 2 fully saturated rings. The number of aromatic nitrogens is 2. The molecule has 2 heterocycles. The average molecular weight is 307 g/mol. The lowest BCUT2D eigenvalue weighted by Gasteiger charge is -2.24. The third kappa shape index (κ3) is 4.08. The zero-order chi connectivity index (χ0) is 15.4. The van der Waals surface area contributed by atoms with Crippen molar-refractivity contribution >= 4 is 5.91 Å². The molecular formula is C16H25N3O3. The fourth-order valence-electron chi connectivity index (χ4n) is 2.81. The van der Waals surface area contributed by atoms with Gasteiger partial charge in [0.1, 0.15) is 12.4 Å². The van der Waals surface area contributed by atoms with Gasteiger partial charge in [0.15, 0.2) is 0 Å². The molecule has 1 atom stereocenters. The third-order valence-corrected chi connectivity index (χ3v) is 4.34. The number of aryl methyl sites for hydroxylation is 1. The van der Waals surface area contributed by atoms with Crippen molar-refractivity contribution < 1.29 is 14.3 Å².